The first-order valence-electron chi connectivity index (χ1n) is 5.88. The first-order chi connectivity index (χ1) is 9.45. The molecule has 0 radical (unpaired) electrons. The summed E-state index contributed by atoms with van der Waals surface area (Å²) in [5.41, 5.74) is 6.94. The molecular weight excluding hydrogens is 297 g/mol. The summed E-state index contributed by atoms with van der Waals surface area (Å²) in [6.07, 6.45) is 0. The van der Waals surface area contributed by atoms with E-state index in [1.54, 1.807) is 18.0 Å². The number of halogens is 2. The SMILES string of the molecule is CN(Cc1cccc(Cl)c1)C(=O)c1cc(N)nc(Cl)c1. The Labute approximate surface area is 127 Å². The molecule has 4 nitrogen and oxygen atoms in total. The summed E-state index contributed by atoms with van der Waals surface area (Å²) in [5.74, 6) is 0.0398. The molecule has 1 aromatic carbocycles. The van der Waals surface area contributed by atoms with Gasteiger partial charge in [-0.15, -0.1) is 0 Å². The molecule has 0 atom stereocenters. The largest absolute Gasteiger partial charge is 0.384 e. The molecule has 0 saturated carbocycles. The van der Waals surface area contributed by atoms with Gasteiger partial charge in [0.2, 0.25) is 0 Å². The van der Waals surface area contributed by atoms with Gasteiger partial charge in [0.05, 0.1) is 0 Å². The molecule has 1 heterocycles. The van der Waals surface area contributed by atoms with Crippen LogP contribution < -0.4 is 5.73 Å². The van der Waals surface area contributed by atoms with Crippen LogP contribution >= 0.6 is 23.2 Å². The zero-order valence-corrected chi connectivity index (χ0v) is 12.3. The van der Waals surface area contributed by atoms with E-state index in [1.807, 2.05) is 18.2 Å². The summed E-state index contributed by atoms with van der Waals surface area (Å²) in [4.78, 5) is 17.7. The van der Waals surface area contributed by atoms with Crippen molar-refractivity contribution in [1.29, 1.82) is 0 Å². The smallest absolute Gasteiger partial charge is 0.254 e. The van der Waals surface area contributed by atoms with Gasteiger partial charge in [0.15, 0.2) is 0 Å². The van der Waals surface area contributed by atoms with Crippen molar-refractivity contribution in [3.63, 3.8) is 0 Å². The van der Waals surface area contributed by atoms with Gasteiger partial charge in [-0.2, -0.15) is 0 Å². The second-order valence-electron chi connectivity index (χ2n) is 4.39. The first kappa shape index (κ1) is 14.6. The number of nitrogens with two attached hydrogens (primary N) is 1. The Morgan fingerprint density at radius 2 is 2.05 bits per heavy atom. The van der Waals surface area contributed by atoms with Gasteiger partial charge in [0.25, 0.3) is 5.91 Å². The molecule has 0 aliphatic carbocycles. The van der Waals surface area contributed by atoms with E-state index in [0.717, 1.165) is 5.56 Å². The minimum absolute atomic E-state index is 0.180. The average Bonchev–Trinajstić information content (AvgIpc) is 2.36. The molecule has 0 spiro atoms. The summed E-state index contributed by atoms with van der Waals surface area (Å²) in [6, 6.07) is 10.4. The van der Waals surface area contributed by atoms with E-state index in [2.05, 4.69) is 4.98 Å². The molecule has 2 aromatic rings. The van der Waals surface area contributed by atoms with Crippen LogP contribution in [-0.2, 0) is 6.54 Å². The van der Waals surface area contributed by atoms with Crippen molar-refractivity contribution < 1.29 is 4.79 Å². The van der Waals surface area contributed by atoms with Crippen LogP contribution in [0.3, 0.4) is 0 Å². The van der Waals surface area contributed by atoms with Crippen LogP contribution in [0.1, 0.15) is 15.9 Å². The molecule has 0 aliphatic heterocycles. The number of amides is 1. The molecule has 2 N–H and O–H groups in total. The van der Waals surface area contributed by atoms with Crippen LogP contribution in [-0.4, -0.2) is 22.8 Å². The van der Waals surface area contributed by atoms with Crippen LogP contribution in [0, 0.1) is 0 Å². The van der Waals surface area contributed by atoms with Gasteiger partial charge >= 0.3 is 0 Å². The van der Waals surface area contributed by atoms with E-state index in [-0.39, 0.29) is 16.9 Å². The highest BCUT2D eigenvalue weighted by atomic mass is 35.5. The first-order valence-corrected chi connectivity index (χ1v) is 6.64. The second-order valence-corrected chi connectivity index (χ2v) is 5.22. The predicted molar refractivity (Wildman–Crippen MR) is 80.9 cm³/mol. The number of aromatic nitrogens is 1. The lowest BCUT2D eigenvalue weighted by Crippen LogP contribution is -2.26. The molecule has 6 heteroatoms. The summed E-state index contributed by atoms with van der Waals surface area (Å²) in [7, 11) is 1.70. The summed E-state index contributed by atoms with van der Waals surface area (Å²) in [5, 5.41) is 0.837. The van der Waals surface area contributed by atoms with Crippen molar-refractivity contribution in [3.05, 3.63) is 57.7 Å². The zero-order chi connectivity index (χ0) is 14.7. The Hall–Kier alpha value is -1.78. The van der Waals surface area contributed by atoms with Crippen LogP contribution in [0.25, 0.3) is 0 Å². The van der Waals surface area contributed by atoms with E-state index in [0.29, 0.717) is 17.1 Å². The number of hydrogen-bond acceptors (Lipinski definition) is 3. The van der Waals surface area contributed by atoms with Crippen LogP contribution in [0.15, 0.2) is 36.4 Å². The van der Waals surface area contributed by atoms with E-state index in [4.69, 9.17) is 28.9 Å². The quantitative estimate of drug-likeness (QED) is 0.885. The van der Waals surface area contributed by atoms with E-state index >= 15 is 0 Å². The Morgan fingerprint density at radius 1 is 1.30 bits per heavy atom. The van der Waals surface area contributed by atoms with E-state index < -0.39 is 0 Å². The highest BCUT2D eigenvalue weighted by Gasteiger charge is 2.14. The monoisotopic (exact) mass is 309 g/mol. The summed E-state index contributed by atoms with van der Waals surface area (Å²) < 4.78 is 0. The number of rotatable bonds is 3. The third kappa shape index (κ3) is 3.62. The Morgan fingerprint density at radius 3 is 2.70 bits per heavy atom. The maximum absolute atomic E-state index is 12.3. The number of carbonyl (C=O) groups is 1. The maximum Gasteiger partial charge on any atom is 0.254 e. The molecular formula is C14H13Cl2N3O. The second kappa shape index (κ2) is 6.11. The number of anilines is 1. The van der Waals surface area contributed by atoms with Crippen LogP contribution in [0.5, 0.6) is 0 Å². The van der Waals surface area contributed by atoms with Gasteiger partial charge in [-0.05, 0) is 29.8 Å². The standard InChI is InChI=1S/C14H13Cl2N3O/c1-19(8-9-3-2-4-11(15)5-9)14(20)10-6-12(16)18-13(17)7-10/h2-7H,8H2,1H3,(H2,17,18). The van der Waals surface area contributed by atoms with Crippen molar-refractivity contribution in [1.82, 2.24) is 9.88 Å². The highest BCUT2D eigenvalue weighted by Crippen LogP contribution is 2.16. The topological polar surface area (TPSA) is 59.2 Å². The highest BCUT2D eigenvalue weighted by molar-refractivity contribution is 6.30. The summed E-state index contributed by atoms with van der Waals surface area (Å²) in [6.45, 7) is 0.444. The van der Waals surface area contributed by atoms with Crippen molar-refractivity contribution in [2.45, 2.75) is 6.54 Å². The zero-order valence-electron chi connectivity index (χ0n) is 10.8. The van der Waals surface area contributed by atoms with Gasteiger partial charge in [-0.25, -0.2) is 4.98 Å². The minimum atomic E-state index is -0.180. The van der Waals surface area contributed by atoms with Crippen molar-refractivity contribution in [3.8, 4) is 0 Å². The molecule has 104 valence electrons. The Bertz CT molecular complexity index is 626. The molecule has 0 unspecified atom stereocenters. The van der Waals surface area contributed by atoms with Gasteiger partial charge < -0.3 is 10.6 Å². The van der Waals surface area contributed by atoms with Gasteiger partial charge in [0.1, 0.15) is 11.0 Å². The molecule has 20 heavy (non-hydrogen) atoms. The van der Waals surface area contributed by atoms with Crippen molar-refractivity contribution >= 4 is 34.9 Å². The fraction of sp³-hybridized carbons (Fsp3) is 0.143. The van der Waals surface area contributed by atoms with Crippen LogP contribution in [0.2, 0.25) is 10.2 Å². The molecule has 2 rings (SSSR count). The van der Waals surface area contributed by atoms with Gasteiger partial charge in [-0.1, -0.05) is 35.3 Å². The molecule has 1 amide bonds. The fourth-order valence-corrected chi connectivity index (χ4v) is 2.27. The van der Waals surface area contributed by atoms with Crippen molar-refractivity contribution in [2.75, 3.05) is 12.8 Å². The molecule has 1 aromatic heterocycles. The normalized spacial score (nSPS) is 10.3. The number of pyridine rings is 1. The van der Waals surface area contributed by atoms with E-state index in [9.17, 15) is 4.79 Å². The molecule has 0 fully saturated rings. The molecule has 0 aliphatic rings. The Kier molecular flexibility index (Phi) is 4.47. The number of hydrogen-bond donors (Lipinski definition) is 1. The van der Waals surface area contributed by atoms with Gasteiger partial charge in [-0.3, -0.25) is 4.79 Å². The van der Waals surface area contributed by atoms with Gasteiger partial charge in [0, 0.05) is 24.2 Å². The lowest BCUT2D eigenvalue weighted by Gasteiger charge is -2.17. The number of nitrogen functional groups attached to an aromatic ring is 1. The molecule has 0 bridgehead atoms. The fourth-order valence-electron chi connectivity index (χ4n) is 1.84. The number of benzene rings is 1. The molecule has 0 saturated heterocycles. The lowest BCUT2D eigenvalue weighted by molar-refractivity contribution is 0.0785. The third-order valence-corrected chi connectivity index (χ3v) is 3.15. The number of nitrogens with zero attached hydrogens (tertiary/aromatic N) is 2. The van der Waals surface area contributed by atoms with E-state index in [1.165, 1.54) is 12.1 Å². The van der Waals surface area contributed by atoms with Crippen LogP contribution in [0.4, 0.5) is 5.82 Å². The minimum Gasteiger partial charge on any atom is -0.384 e. The van der Waals surface area contributed by atoms with Crippen molar-refractivity contribution in [2.24, 2.45) is 0 Å². The third-order valence-electron chi connectivity index (χ3n) is 2.72. The predicted octanol–water partition coefficient (Wildman–Crippen LogP) is 3.24. The Balaban J connectivity index is 2.16. The maximum atomic E-state index is 12.3. The lowest BCUT2D eigenvalue weighted by atomic mass is 10.2. The summed E-state index contributed by atoms with van der Waals surface area (Å²) >= 11 is 11.7. The number of carbonyl (C=O) groups excluding carboxylic acids is 1. The average molecular weight is 310 g/mol.